The second kappa shape index (κ2) is 7.46. The summed E-state index contributed by atoms with van der Waals surface area (Å²) >= 11 is 0. The van der Waals surface area contributed by atoms with Crippen LogP contribution in [0.15, 0.2) is 24.3 Å². The van der Waals surface area contributed by atoms with Gasteiger partial charge in [0.2, 0.25) is 0 Å². The highest BCUT2D eigenvalue weighted by atomic mass is 16.5. The monoisotopic (exact) mass is 235 g/mol. The molecule has 1 atom stereocenters. The zero-order chi connectivity index (χ0) is 12.7. The van der Waals surface area contributed by atoms with Crippen molar-refractivity contribution in [2.24, 2.45) is 11.7 Å². The molecule has 0 heterocycles. The Bertz CT molecular complexity index is 322. The van der Waals surface area contributed by atoms with Crippen LogP contribution in [0.25, 0.3) is 0 Å². The van der Waals surface area contributed by atoms with Gasteiger partial charge in [-0.15, -0.1) is 0 Å². The average molecular weight is 235 g/mol. The molecule has 0 saturated heterocycles. The number of hydrogen-bond donors (Lipinski definition) is 1. The summed E-state index contributed by atoms with van der Waals surface area (Å²) in [6.07, 6.45) is 2.35. The quantitative estimate of drug-likeness (QED) is 0.735. The lowest BCUT2D eigenvalue weighted by Gasteiger charge is -2.15. The van der Waals surface area contributed by atoms with Crippen molar-refractivity contribution >= 4 is 0 Å². The molecule has 0 spiro atoms. The van der Waals surface area contributed by atoms with E-state index in [9.17, 15) is 0 Å². The Balaban J connectivity index is 2.26. The lowest BCUT2D eigenvalue weighted by atomic mass is 10.0. The maximum absolute atomic E-state index is 6.11. The lowest BCUT2D eigenvalue weighted by molar-refractivity contribution is 0.115. The largest absolute Gasteiger partial charge is 0.379 e. The molecule has 1 aromatic rings. The Hall–Kier alpha value is -0.860. The number of benzene rings is 1. The third-order valence-electron chi connectivity index (χ3n) is 2.96. The molecule has 0 aliphatic carbocycles. The van der Waals surface area contributed by atoms with Crippen LogP contribution in [0, 0.1) is 12.8 Å². The van der Waals surface area contributed by atoms with Crippen LogP contribution >= 0.6 is 0 Å². The van der Waals surface area contributed by atoms with E-state index in [4.69, 9.17) is 10.5 Å². The highest BCUT2D eigenvalue weighted by Gasteiger charge is 2.08. The van der Waals surface area contributed by atoms with E-state index in [0.29, 0.717) is 6.61 Å². The SMILES string of the molecule is Cc1ccccc1C(N)COCCCC(C)C. The third-order valence-corrected chi connectivity index (χ3v) is 2.96. The Morgan fingerprint density at radius 3 is 2.59 bits per heavy atom. The van der Waals surface area contributed by atoms with Crippen molar-refractivity contribution in [3.8, 4) is 0 Å². The zero-order valence-electron chi connectivity index (χ0n) is 11.3. The fourth-order valence-corrected chi connectivity index (χ4v) is 1.90. The first-order chi connectivity index (χ1) is 8.11. The standard InChI is InChI=1S/C15H25NO/c1-12(2)7-6-10-17-11-15(16)14-9-5-4-8-13(14)3/h4-5,8-9,12,15H,6-7,10-11,16H2,1-3H3. The van der Waals surface area contributed by atoms with Crippen molar-refractivity contribution in [2.75, 3.05) is 13.2 Å². The minimum absolute atomic E-state index is 0.00440. The molecule has 96 valence electrons. The Labute approximate surface area is 105 Å². The molecule has 0 amide bonds. The highest BCUT2D eigenvalue weighted by molar-refractivity contribution is 5.28. The molecule has 2 nitrogen and oxygen atoms in total. The minimum atomic E-state index is -0.00440. The zero-order valence-corrected chi connectivity index (χ0v) is 11.3. The molecule has 0 radical (unpaired) electrons. The van der Waals surface area contributed by atoms with Gasteiger partial charge in [0.05, 0.1) is 12.6 Å². The van der Waals surface area contributed by atoms with Gasteiger partial charge in [0.25, 0.3) is 0 Å². The Kier molecular flexibility index (Phi) is 6.23. The van der Waals surface area contributed by atoms with Crippen LogP contribution in [-0.4, -0.2) is 13.2 Å². The molecule has 2 heteroatoms. The molecule has 0 aromatic heterocycles. The Morgan fingerprint density at radius 1 is 1.24 bits per heavy atom. The van der Waals surface area contributed by atoms with Crippen LogP contribution in [-0.2, 0) is 4.74 Å². The summed E-state index contributed by atoms with van der Waals surface area (Å²) in [5, 5.41) is 0. The molecule has 1 aromatic carbocycles. The highest BCUT2D eigenvalue weighted by Crippen LogP contribution is 2.15. The molecule has 2 N–H and O–H groups in total. The fraction of sp³-hybridized carbons (Fsp3) is 0.600. The molecule has 17 heavy (non-hydrogen) atoms. The summed E-state index contributed by atoms with van der Waals surface area (Å²) in [7, 11) is 0. The van der Waals surface area contributed by atoms with Crippen molar-refractivity contribution in [1.29, 1.82) is 0 Å². The number of rotatable bonds is 7. The summed E-state index contributed by atoms with van der Waals surface area (Å²) in [5.74, 6) is 0.753. The van der Waals surface area contributed by atoms with E-state index in [1.807, 2.05) is 12.1 Å². The van der Waals surface area contributed by atoms with Gasteiger partial charge in [-0.1, -0.05) is 38.1 Å². The molecular weight excluding hydrogens is 210 g/mol. The predicted molar refractivity (Wildman–Crippen MR) is 73.0 cm³/mol. The first-order valence-electron chi connectivity index (χ1n) is 6.50. The molecule has 1 unspecified atom stereocenters. The van der Waals surface area contributed by atoms with Crippen molar-refractivity contribution in [3.63, 3.8) is 0 Å². The van der Waals surface area contributed by atoms with Crippen molar-refractivity contribution in [1.82, 2.24) is 0 Å². The number of aryl methyl sites for hydroxylation is 1. The summed E-state index contributed by atoms with van der Waals surface area (Å²) in [6.45, 7) is 7.99. The van der Waals surface area contributed by atoms with Crippen molar-refractivity contribution in [2.45, 2.75) is 39.7 Å². The van der Waals surface area contributed by atoms with Gasteiger partial charge in [0.15, 0.2) is 0 Å². The molecular formula is C15H25NO. The Morgan fingerprint density at radius 2 is 1.94 bits per heavy atom. The minimum Gasteiger partial charge on any atom is -0.379 e. The van der Waals surface area contributed by atoms with Crippen LogP contribution in [0.4, 0.5) is 0 Å². The number of ether oxygens (including phenoxy) is 1. The lowest BCUT2D eigenvalue weighted by Crippen LogP contribution is -2.18. The topological polar surface area (TPSA) is 35.2 Å². The molecule has 0 fully saturated rings. The van der Waals surface area contributed by atoms with Gasteiger partial charge in [-0.25, -0.2) is 0 Å². The summed E-state index contributed by atoms with van der Waals surface area (Å²) in [5.41, 5.74) is 8.55. The molecule has 0 saturated carbocycles. The van der Waals surface area contributed by atoms with E-state index in [1.165, 1.54) is 17.5 Å². The van der Waals surface area contributed by atoms with E-state index in [1.54, 1.807) is 0 Å². The van der Waals surface area contributed by atoms with Crippen molar-refractivity contribution in [3.05, 3.63) is 35.4 Å². The number of hydrogen-bond acceptors (Lipinski definition) is 2. The van der Waals surface area contributed by atoms with Gasteiger partial charge < -0.3 is 10.5 Å². The smallest absolute Gasteiger partial charge is 0.0659 e. The van der Waals surface area contributed by atoms with Gasteiger partial charge in [0.1, 0.15) is 0 Å². The van der Waals surface area contributed by atoms with E-state index >= 15 is 0 Å². The van der Waals surface area contributed by atoms with Gasteiger partial charge >= 0.3 is 0 Å². The summed E-state index contributed by atoms with van der Waals surface area (Å²) < 4.78 is 5.63. The van der Waals surface area contributed by atoms with Crippen LogP contribution in [0.1, 0.15) is 43.9 Å². The van der Waals surface area contributed by atoms with Gasteiger partial charge in [-0.3, -0.25) is 0 Å². The average Bonchev–Trinajstić information content (AvgIpc) is 2.28. The summed E-state index contributed by atoms with van der Waals surface area (Å²) in [4.78, 5) is 0. The third kappa shape index (κ3) is 5.33. The van der Waals surface area contributed by atoms with E-state index in [0.717, 1.165) is 18.9 Å². The van der Waals surface area contributed by atoms with Gasteiger partial charge in [0, 0.05) is 6.61 Å². The first-order valence-corrected chi connectivity index (χ1v) is 6.50. The molecule has 0 aliphatic rings. The second-order valence-electron chi connectivity index (χ2n) is 5.07. The predicted octanol–water partition coefficient (Wildman–Crippen LogP) is 3.45. The van der Waals surface area contributed by atoms with Crippen LogP contribution in [0.2, 0.25) is 0 Å². The fourth-order valence-electron chi connectivity index (χ4n) is 1.90. The van der Waals surface area contributed by atoms with Crippen LogP contribution in [0.3, 0.4) is 0 Å². The maximum atomic E-state index is 6.11. The second-order valence-corrected chi connectivity index (χ2v) is 5.07. The van der Waals surface area contributed by atoms with Gasteiger partial charge in [-0.05, 0) is 36.8 Å². The van der Waals surface area contributed by atoms with E-state index in [2.05, 4.69) is 32.9 Å². The molecule has 0 aliphatic heterocycles. The maximum Gasteiger partial charge on any atom is 0.0659 e. The number of nitrogens with two attached hydrogens (primary N) is 1. The van der Waals surface area contributed by atoms with Crippen LogP contribution < -0.4 is 5.73 Å². The molecule has 0 bridgehead atoms. The van der Waals surface area contributed by atoms with Crippen molar-refractivity contribution < 1.29 is 4.74 Å². The normalized spacial score (nSPS) is 13.0. The van der Waals surface area contributed by atoms with E-state index < -0.39 is 0 Å². The summed E-state index contributed by atoms with van der Waals surface area (Å²) in [6, 6.07) is 8.23. The first kappa shape index (κ1) is 14.2. The van der Waals surface area contributed by atoms with Gasteiger partial charge in [-0.2, -0.15) is 0 Å². The molecule has 1 rings (SSSR count). The van der Waals surface area contributed by atoms with E-state index in [-0.39, 0.29) is 6.04 Å². The van der Waals surface area contributed by atoms with Crippen LogP contribution in [0.5, 0.6) is 0 Å².